The maximum Gasteiger partial charge on any atom is 0.270 e. The van der Waals surface area contributed by atoms with Crippen LogP contribution >= 0.6 is 11.6 Å². The van der Waals surface area contributed by atoms with Crippen LogP contribution in [0.4, 0.5) is 5.69 Å². The van der Waals surface area contributed by atoms with Crippen molar-refractivity contribution in [3.8, 4) is 0 Å². The van der Waals surface area contributed by atoms with E-state index < -0.39 is 22.5 Å². The Hall–Kier alpha value is -3.19. The molecule has 8 heteroatoms. The molecule has 0 atom stereocenters. The number of carboxylic acid groups (broad SMARTS) is 1. The van der Waals surface area contributed by atoms with Crippen LogP contribution in [-0.4, -0.2) is 16.8 Å². The highest BCUT2D eigenvalue weighted by Crippen LogP contribution is 2.15. The first kappa shape index (κ1) is 17.2. The molecule has 0 aliphatic heterocycles. The number of aliphatic carboxylic acids is 1. The Balaban J connectivity index is 2.27. The monoisotopic (exact) mass is 345 g/mol. The minimum atomic E-state index is -1.62. The molecule has 7 nitrogen and oxygen atoms in total. The summed E-state index contributed by atoms with van der Waals surface area (Å²) in [6.45, 7) is 0. The molecule has 1 amide bonds. The van der Waals surface area contributed by atoms with Crippen molar-refractivity contribution in [3.05, 3.63) is 80.5 Å². The van der Waals surface area contributed by atoms with Gasteiger partial charge in [0.1, 0.15) is 0 Å². The fourth-order valence-electron chi connectivity index (χ4n) is 1.84. The van der Waals surface area contributed by atoms with Crippen LogP contribution in [0.2, 0.25) is 5.02 Å². The molecule has 1 N–H and O–H groups in total. The van der Waals surface area contributed by atoms with E-state index in [1.165, 1.54) is 48.5 Å². The second-order valence-corrected chi connectivity index (χ2v) is 5.10. The summed E-state index contributed by atoms with van der Waals surface area (Å²) < 4.78 is 0. The second-order valence-electron chi connectivity index (χ2n) is 4.66. The first-order chi connectivity index (χ1) is 11.4. The van der Waals surface area contributed by atoms with E-state index in [4.69, 9.17) is 11.6 Å². The predicted octanol–water partition coefficient (Wildman–Crippen LogP) is 1.77. The number of nitrogens with zero attached hydrogens (tertiary/aromatic N) is 1. The molecule has 2 aromatic carbocycles. The van der Waals surface area contributed by atoms with Gasteiger partial charge in [0.05, 0.1) is 16.6 Å². The van der Waals surface area contributed by atoms with E-state index >= 15 is 0 Å². The van der Waals surface area contributed by atoms with Crippen molar-refractivity contribution in [2.45, 2.75) is 0 Å². The van der Waals surface area contributed by atoms with Crippen molar-refractivity contribution in [3.63, 3.8) is 0 Å². The summed E-state index contributed by atoms with van der Waals surface area (Å²) in [7, 11) is 0. The van der Waals surface area contributed by atoms with Crippen molar-refractivity contribution < 1.29 is 19.6 Å². The number of nitrogens with one attached hydrogen (secondary N) is 1. The van der Waals surface area contributed by atoms with Crippen LogP contribution in [0.5, 0.6) is 0 Å². The maximum absolute atomic E-state index is 12.0. The number of benzene rings is 2. The number of rotatable bonds is 5. The van der Waals surface area contributed by atoms with E-state index in [1.807, 2.05) is 0 Å². The molecule has 122 valence electrons. The van der Waals surface area contributed by atoms with Crippen LogP contribution in [0, 0.1) is 10.1 Å². The zero-order chi connectivity index (χ0) is 17.7. The van der Waals surface area contributed by atoms with Gasteiger partial charge in [-0.25, -0.2) is 0 Å². The molecule has 0 saturated heterocycles. The lowest BCUT2D eigenvalue weighted by molar-refractivity contribution is -0.384. The van der Waals surface area contributed by atoms with Crippen molar-refractivity contribution >= 4 is 35.2 Å². The third-order valence-electron chi connectivity index (χ3n) is 2.97. The van der Waals surface area contributed by atoms with E-state index in [2.05, 4.69) is 5.32 Å². The van der Waals surface area contributed by atoms with Crippen LogP contribution in [-0.2, 0) is 4.79 Å². The lowest BCUT2D eigenvalue weighted by atomic mass is 10.1. The maximum atomic E-state index is 12.0. The van der Waals surface area contributed by atoms with Gasteiger partial charge in [0.15, 0.2) is 0 Å². The first-order valence-electron chi connectivity index (χ1n) is 6.61. The van der Waals surface area contributed by atoms with E-state index in [0.29, 0.717) is 5.02 Å². The SMILES string of the molecule is O=C([O-])/C(=C\c1cccc([N+](=O)[O-])c1)NC(=O)c1ccc(Cl)cc1. The van der Waals surface area contributed by atoms with Gasteiger partial charge in [0, 0.05) is 22.7 Å². The molecule has 0 spiro atoms. The number of non-ortho nitro benzene ring substituents is 1. The van der Waals surface area contributed by atoms with Crippen molar-refractivity contribution in [1.82, 2.24) is 5.32 Å². The molecule has 0 saturated carbocycles. The van der Waals surface area contributed by atoms with Crippen LogP contribution in [0.1, 0.15) is 15.9 Å². The molecular weight excluding hydrogens is 336 g/mol. The number of amides is 1. The molecular formula is C16H10ClN2O5-. The normalized spacial score (nSPS) is 11.0. The summed E-state index contributed by atoms with van der Waals surface area (Å²) in [5.41, 5.74) is -0.286. The quantitative estimate of drug-likeness (QED) is 0.504. The molecule has 2 rings (SSSR count). The minimum absolute atomic E-state index is 0.200. The zero-order valence-corrected chi connectivity index (χ0v) is 12.8. The highest BCUT2D eigenvalue weighted by atomic mass is 35.5. The average Bonchev–Trinajstić information content (AvgIpc) is 2.55. The molecule has 0 aromatic heterocycles. The number of halogens is 1. The lowest BCUT2D eigenvalue weighted by Gasteiger charge is -2.11. The van der Waals surface area contributed by atoms with E-state index in [0.717, 1.165) is 6.08 Å². The summed E-state index contributed by atoms with van der Waals surface area (Å²) in [6.07, 6.45) is 1.08. The highest BCUT2D eigenvalue weighted by molar-refractivity contribution is 6.30. The Bertz CT molecular complexity index is 831. The second kappa shape index (κ2) is 7.38. The third-order valence-corrected chi connectivity index (χ3v) is 3.22. The Morgan fingerprint density at radius 2 is 1.79 bits per heavy atom. The molecule has 0 radical (unpaired) electrons. The van der Waals surface area contributed by atoms with E-state index in [1.54, 1.807) is 0 Å². The van der Waals surface area contributed by atoms with Crippen molar-refractivity contribution in [1.29, 1.82) is 0 Å². The number of carboxylic acids is 1. The number of nitro groups is 1. The number of hydrogen-bond acceptors (Lipinski definition) is 5. The molecule has 0 heterocycles. The standard InChI is InChI=1S/C16H11ClN2O5/c17-12-6-4-11(5-7-12)15(20)18-14(16(21)22)9-10-2-1-3-13(8-10)19(23)24/h1-9H,(H,18,20)(H,21,22)/p-1/b14-9+. The summed E-state index contributed by atoms with van der Waals surface area (Å²) in [6, 6.07) is 11.1. The van der Waals surface area contributed by atoms with E-state index in [-0.39, 0.29) is 16.8 Å². The zero-order valence-electron chi connectivity index (χ0n) is 12.1. The van der Waals surface area contributed by atoms with Gasteiger partial charge in [-0.2, -0.15) is 0 Å². The van der Waals surface area contributed by atoms with E-state index in [9.17, 15) is 24.8 Å². The van der Waals surface area contributed by atoms with Gasteiger partial charge >= 0.3 is 0 Å². The number of carbonyl (C=O) groups is 2. The van der Waals surface area contributed by atoms with Gasteiger partial charge in [-0.1, -0.05) is 23.7 Å². The van der Waals surface area contributed by atoms with Crippen molar-refractivity contribution in [2.24, 2.45) is 0 Å². The number of carbonyl (C=O) groups excluding carboxylic acids is 2. The Labute approximate surface area is 141 Å². The third kappa shape index (κ3) is 4.40. The van der Waals surface area contributed by atoms with Gasteiger partial charge in [-0.3, -0.25) is 14.9 Å². The topological polar surface area (TPSA) is 112 Å². The van der Waals surface area contributed by atoms with Gasteiger partial charge in [-0.05, 0) is 35.9 Å². The molecule has 0 fully saturated rings. The Kier molecular flexibility index (Phi) is 5.28. The summed E-state index contributed by atoms with van der Waals surface area (Å²) in [5.74, 6) is -2.30. The number of hydrogen-bond donors (Lipinski definition) is 1. The van der Waals surface area contributed by atoms with Crippen molar-refractivity contribution in [2.75, 3.05) is 0 Å². The Morgan fingerprint density at radius 1 is 1.12 bits per heavy atom. The first-order valence-corrected chi connectivity index (χ1v) is 6.99. The fourth-order valence-corrected chi connectivity index (χ4v) is 1.96. The Morgan fingerprint density at radius 3 is 2.38 bits per heavy atom. The highest BCUT2D eigenvalue weighted by Gasteiger charge is 2.10. The van der Waals surface area contributed by atoms with Crippen LogP contribution in [0.25, 0.3) is 6.08 Å². The molecule has 0 unspecified atom stereocenters. The van der Waals surface area contributed by atoms with Crippen LogP contribution in [0.3, 0.4) is 0 Å². The molecule has 24 heavy (non-hydrogen) atoms. The summed E-state index contributed by atoms with van der Waals surface area (Å²) >= 11 is 5.72. The van der Waals surface area contributed by atoms with Gasteiger partial charge in [0.25, 0.3) is 11.6 Å². The molecule has 0 aliphatic rings. The van der Waals surface area contributed by atoms with Gasteiger partial charge in [0.2, 0.25) is 0 Å². The minimum Gasteiger partial charge on any atom is -0.543 e. The summed E-state index contributed by atoms with van der Waals surface area (Å²) in [5, 5.41) is 24.6. The smallest absolute Gasteiger partial charge is 0.270 e. The largest absolute Gasteiger partial charge is 0.543 e. The average molecular weight is 346 g/mol. The van der Waals surface area contributed by atoms with Gasteiger partial charge in [-0.15, -0.1) is 0 Å². The number of nitro benzene ring substituents is 1. The fraction of sp³-hybridized carbons (Fsp3) is 0. The predicted molar refractivity (Wildman–Crippen MR) is 85.0 cm³/mol. The summed E-state index contributed by atoms with van der Waals surface area (Å²) in [4.78, 5) is 33.4. The van der Waals surface area contributed by atoms with Crippen LogP contribution in [0.15, 0.2) is 54.2 Å². The van der Waals surface area contributed by atoms with Gasteiger partial charge < -0.3 is 15.2 Å². The lowest BCUT2D eigenvalue weighted by Crippen LogP contribution is -2.35. The molecule has 2 aromatic rings. The van der Waals surface area contributed by atoms with Crippen LogP contribution < -0.4 is 10.4 Å². The molecule has 0 bridgehead atoms. The molecule has 0 aliphatic carbocycles.